The molecule has 1 heterocycles. The largest absolute Gasteiger partial charge is 0.452 e. The molecule has 0 spiro atoms. The fourth-order valence-corrected chi connectivity index (χ4v) is 7.80. The normalized spacial score (nSPS) is 24.2. The molecule has 1 N–H and O–H groups in total. The maximum atomic E-state index is 13.3. The Kier molecular flexibility index (Phi) is 7.12. The summed E-state index contributed by atoms with van der Waals surface area (Å²) in [6, 6.07) is 11.8. The molecule has 1 amide bonds. The van der Waals surface area contributed by atoms with Gasteiger partial charge in [0.25, 0.3) is 5.91 Å². The molecule has 2 saturated carbocycles. The number of carbonyl (C=O) groups excluding carboxylic acids is 2. The summed E-state index contributed by atoms with van der Waals surface area (Å²) in [5.41, 5.74) is 2.02. The van der Waals surface area contributed by atoms with Crippen molar-refractivity contribution in [3.8, 4) is 0 Å². The summed E-state index contributed by atoms with van der Waals surface area (Å²) in [5.74, 6) is 0.725. The van der Waals surface area contributed by atoms with E-state index in [0.717, 1.165) is 23.5 Å². The van der Waals surface area contributed by atoms with Crippen LogP contribution in [0.15, 0.2) is 47.4 Å². The molecule has 3 aliphatic rings. The topological polar surface area (TPSA) is 92.8 Å². The smallest absolute Gasteiger partial charge is 0.340 e. The Morgan fingerprint density at radius 2 is 1.92 bits per heavy atom. The molecule has 5 rings (SSSR count). The molecule has 7 nitrogen and oxygen atoms in total. The number of benzene rings is 2. The van der Waals surface area contributed by atoms with Crippen molar-refractivity contribution in [2.45, 2.75) is 56.5 Å². The molecule has 2 aromatic carbocycles. The van der Waals surface area contributed by atoms with Crippen molar-refractivity contribution in [2.75, 3.05) is 13.2 Å². The van der Waals surface area contributed by atoms with Crippen LogP contribution in [-0.4, -0.2) is 43.8 Å². The van der Waals surface area contributed by atoms with E-state index in [4.69, 9.17) is 16.3 Å². The van der Waals surface area contributed by atoms with E-state index in [1.165, 1.54) is 41.8 Å². The van der Waals surface area contributed by atoms with Gasteiger partial charge in [0.05, 0.1) is 15.5 Å². The second kappa shape index (κ2) is 10.1. The van der Waals surface area contributed by atoms with Gasteiger partial charge in [0.15, 0.2) is 6.61 Å². The van der Waals surface area contributed by atoms with Crippen LogP contribution in [0.25, 0.3) is 0 Å². The molecule has 192 valence electrons. The highest BCUT2D eigenvalue weighted by atomic mass is 35.5. The second-order valence-electron chi connectivity index (χ2n) is 10.3. The van der Waals surface area contributed by atoms with Gasteiger partial charge in [0.1, 0.15) is 0 Å². The molecule has 1 aliphatic heterocycles. The van der Waals surface area contributed by atoms with Gasteiger partial charge in [-0.05, 0) is 79.7 Å². The van der Waals surface area contributed by atoms with Crippen LogP contribution in [0.4, 0.5) is 0 Å². The number of fused-ring (bicyclic) bond motifs is 3. The van der Waals surface area contributed by atoms with Crippen molar-refractivity contribution in [1.82, 2.24) is 9.62 Å². The molecule has 36 heavy (non-hydrogen) atoms. The molecular weight excluding hydrogens is 500 g/mol. The summed E-state index contributed by atoms with van der Waals surface area (Å²) >= 11 is 6.21. The zero-order chi connectivity index (χ0) is 25.4. The van der Waals surface area contributed by atoms with Crippen LogP contribution in [0.3, 0.4) is 0 Å². The molecule has 2 aliphatic carbocycles. The minimum Gasteiger partial charge on any atom is -0.452 e. The maximum absolute atomic E-state index is 13.3. The molecule has 2 bridgehead atoms. The van der Waals surface area contributed by atoms with E-state index < -0.39 is 22.6 Å². The molecule has 2 fully saturated rings. The number of hydrogen-bond acceptors (Lipinski definition) is 5. The number of nitrogens with one attached hydrogen (secondary N) is 1. The van der Waals surface area contributed by atoms with Gasteiger partial charge in [-0.1, -0.05) is 42.3 Å². The third-order valence-electron chi connectivity index (χ3n) is 8.05. The Bertz CT molecular complexity index is 1280. The first-order valence-electron chi connectivity index (χ1n) is 12.6. The first kappa shape index (κ1) is 25.2. The number of sulfonamides is 1. The van der Waals surface area contributed by atoms with Crippen molar-refractivity contribution in [2.24, 2.45) is 17.8 Å². The van der Waals surface area contributed by atoms with Gasteiger partial charge in [-0.3, -0.25) is 4.79 Å². The average molecular weight is 531 g/mol. The number of halogens is 1. The molecule has 0 unspecified atom stereocenters. The third kappa shape index (κ3) is 5.04. The molecule has 4 atom stereocenters. The minimum atomic E-state index is -3.85. The Hall–Kier alpha value is -2.42. The van der Waals surface area contributed by atoms with Gasteiger partial charge >= 0.3 is 5.97 Å². The predicted molar refractivity (Wildman–Crippen MR) is 136 cm³/mol. The number of amides is 1. The van der Waals surface area contributed by atoms with Crippen molar-refractivity contribution >= 4 is 33.5 Å². The van der Waals surface area contributed by atoms with Crippen LogP contribution in [0.5, 0.6) is 0 Å². The van der Waals surface area contributed by atoms with E-state index in [0.29, 0.717) is 24.8 Å². The first-order chi connectivity index (χ1) is 17.2. The van der Waals surface area contributed by atoms with Gasteiger partial charge in [0, 0.05) is 19.1 Å². The molecule has 2 aromatic rings. The zero-order valence-corrected chi connectivity index (χ0v) is 21.9. The maximum Gasteiger partial charge on any atom is 0.340 e. The second-order valence-corrected chi connectivity index (χ2v) is 12.6. The number of rotatable bonds is 7. The van der Waals surface area contributed by atoms with Crippen LogP contribution in [-0.2, 0) is 32.5 Å². The Labute approximate surface area is 217 Å². The molecule has 9 heteroatoms. The quantitative estimate of drug-likeness (QED) is 0.542. The monoisotopic (exact) mass is 530 g/mol. The lowest BCUT2D eigenvalue weighted by molar-refractivity contribution is -0.125. The summed E-state index contributed by atoms with van der Waals surface area (Å²) in [5, 5.41) is 3.03. The highest BCUT2D eigenvalue weighted by molar-refractivity contribution is 7.89. The lowest BCUT2D eigenvalue weighted by Crippen LogP contribution is -2.42. The lowest BCUT2D eigenvalue weighted by atomic mass is 9.84. The molecule has 0 aromatic heterocycles. The minimum absolute atomic E-state index is 0.0261. The van der Waals surface area contributed by atoms with Crippen LogP contribution in [0, 0.1) is 17.8 Å². The van der Waals surface area contributed by atoms with Gasteiger partial charge in [-0.25, -0.2) is 13.2 Å². The lowest BCUT2D eigenvalue weighted by Gasteiger charge is -2.28. The highest BCUT2D eigenvalue weighted by Crippen LogP contribution is 2.49. The highest BCUT2D eigenvalue weighted by Gasteiger charge is 2.42. The van der Waals surface area contributed by atoms with Crippen LogP contribution in [0.1, 0.15) is 54.1 Å². The summed E-state index contributed by atoms with van der Waals surface area (Å²) in [7, 11) is -3.85. The third-order valence-corrected chi connectivity index (χ3v) is 10.2. The van der Waals surface area contributed by atoms with E-state index >= 15 is 0 Å². The Balaban J connectivity index is 1.22. The number of esters is 1. The van der Waals surface area contributed by atoms with Gasteiger partial charge in [-0.15, -0.1) is 0 Å². The number of nitrogens with zero attached hydrogens (tertiary/aromatic N) is 1. The summed E-state index contributed by atoms with van der Waals surface area (Å²) in [4.78, 5) is 25.2. The van der Waals surface area contributed by atoms with Crippen LogP contribution in [0.2, 0.25) is 5.02 Å². The van der Waals surface area contributed by atoms with Crippen molar-refractivity contribution in [3.63, 3.8) is 0 Å². The summed E-state index contributed by atoms with van der Waals surface area (Å²) in [6.45, 7) is 2.18. The van der Waals surface area contributed by atoms with Gasteiger partial charge < -0.3 is 10.1 Å². The van der Waals surface area contributed by atoms with E-state index in [2.05, 4.69) is 5.32 Å². The summed E-state index contributed by atoms with van der Waals surface area (Å²) in [6.07, 6.45) is 5.53. The average Bonchev–Trinajstić information content (AvgIpc) is 3.51. The Morgan fingerprint density at radius 3 is 2.64 bits per heavy atom. The van der Waals surface area contributed by atoms with E-state index in [-0.39, 0.29) is 34.0 Å². The number of hydrogen-bond donors (Lipinski definition) is 1. The molecule has 0 radical (unpaired) electrons. The molecular formula is C27H31ClN2O5S. The summed E-state index contributed by atoms with van der Waals surface area (Å²) < 4.78 is 33.2. The van der Waals surface area contributed by atoms with Crippen LogP contribution >= 0.6 is 11.6 Å². The van der Waals surface area contributed by atoms with Crippen molar-refractivity contribution < 1.29 is 22.7 Å². The molecule has 0 saturated heterocycles. The van der Waals surface area contributed by atoms with Crippen LogP contribution < -0.4 is 5.32 Å². The van der Waals surface area contributed by atoms with Crippen molar-refractivity contribution in [1.29, 1.82) is 0 Å². The fraction of sp³-hybridized carbons (Fsp3) is 0.481. The van der Waals surface area contributed by atoms with Gasteiger partial charge in [0.2, 0.25) is 10.0 Å². The van der Waals surface area contributed by atoms with E-state index in [1.807, 2.05) is 31.2 Å². The number of carbonyl (C=O) groups is 2. The van der Waals surface area contributed by atoms with E-state index in [1.54, 1.807) is 0 Å². The standard InChI is InChI=1S/C27H31ClN2O5S/c1-17(23-13-18-6-7-20(23)12-18)29-26(31)16-35-27(32)24-14-22(8-9-25(24)28)36(33,34)30-11-10-19-4-2-3-5-21(19)15-30/h2-5,8-9,14,17-18,20,23H,6-7,10-13,15-16H2,1H3,(H,29,31)/t17-,18-,20-,23-/m0/s1. The van der Waals surface area contributed by atoms with Crippen molar-refractivity contribution in [3.05, 3.63) is 64.2 Å². The Morgan fingerprint density at radius 1 is 1.14 bits per heavy atom. The predicted octanol–water partition coefficient (Wildman–Crippen LogP) is 4.18. The van der Waals surface area contributed by atoms with E-state index in [9.17, 15) is 18.0 Å². The number of ether oxygens (including phenoxy) is 1. The fourth-order valence-electron chi connectivity index (χ4n) is 6.16. The zero-order valence-electron chi connectivity index (χ0n) is 20.3. The first-order valence-corrected chi connectivity index (χ1v) is 14.4. The SMILES string of the molecule is C[C@H](NC(=O)COC(=O)c1cc(S(=O)(=O)N2CCc3ccccc3C2)ccc1Cl)[C@@H]1C[C@H]2CC[C@H]1C2. The van der Waals surface area contributed by atoms with Gasteiger partial charge in [-0.2, -0.15) is 4.31 Å².